The highest BCUT2D eigenvalue weighted by atomic mass is 32.2. The maximum absolute atomic E-state index is 12.5. The van der Waals surface area contributed by atoms with E-state index in [1.54, 1.807) is 4.90 Å². The summed E-state index contributed by atoms with van der Waals surface area (Å²) in [7, 11) is 0. The Balaban J connectivity index is 1.16. The third-order valence-electron chi connectivity index (χ3n) is 6.63. The van der Waals surface area contributed by atoms with Gasteiger partial charge in [0.2, 0.25) is 5.91 Å². The summed E-state index contributed by atoms with van der Waals surface area (Å²) >= 11 is 1.45. The topological polar surface area (TPSA) is 95.9 Å². The molecule has 2 aromatic rings. The number of piperidine rings is 1. The van der Waals surface area contributed by atoms with Crippen LogP contribution in [0.1, 0.15) is 36.8 Å². The Kier molecular flexibility index (Phi) is 7.77. The summed E-state index contributed by atoms with van der Waals surface area (Å²) in [6.45, 7) is 3.06. The molecule has 1 saturated heterocycles. The van der Waals surface area contributed by atoms with Crippen LogP contribution in [0.4, 0.5) is 4.79 Å². The van der Waals surface area contributed by atoms with Gasteiger partial charge in [-0.25, -0.2) is 4.79 Å². The third kappa shape index (κ3) is 5.38. The van der Waals surface area contributed by atoms with E-state index in [2.05, 4.69) is 29.6 Å². The van der Waals surface area contributed by atoms with Gasteiger partial charge in [-0.2, -0.15) is 11.8 Å². The van der Waals surface area contributed by atoms with Gasteiger partial charge in [-0.15, -0.1) is 0 Å². The average Bonchev–Trinajstić information content (AvgIpc) is 3.16. The lowest BCUT2D eigenvalue weighted by Crippen LogP contribution is -2.46. The zero-order chi connectivity index (χ0) is 24.1. The second-order valence-corrected chi connectivity index (χ2v) is 9.91. The average molecular weight is 483 g/mol. The molecule has 0 aromatic heterocycles. The number of alkyl carbamates (subject to hydrolysis) is 1. The Labute approximate surface area is 203 Å². The van der Waals surface area contributed by atoms with E-state index in [-0.39, 0.29) is 30.4 Å². The summed E-state index contributed by atoms with van der Waals surface area (Å²) < 4.78 is 5.52. The van der Waals surface area contributed by atoms with E-state index in [4.69, 9.17) is 9.84 Å². The number of thioether (sulfide) groups is 1. The van der Waals surface area contributed by atoms with Crippen molar-refractivity contribution in [3.05, 3.63) is 59.7 Å². The zero-order valence-corrected chi connectivity index (χ0v) is 20.1. The third-order valence-corrected chi connectivity index (χ3v) is 7.57. The second-order valence-electron chi connectivity index (χ2n) is 8.80. The minimum absolute atomic E-state index is 0.0162. The molecule has 0 radical (unpaired) electrons. The van der Waals surface area contributed by atoms with Crippen LogP contribution < -0.4 is 5.32 Å². The highest BCUT2D eigenvalue weighted by Crippen LogP contribution is 2.44. The molecule has 1 fully saturated rings. The van der Waals surface area contributed by atoms with Gasteiger partial charge in [0.05, 0.1) is 11.7 Å². The maximum atomic E-state index is 12.5. The van der Waals surface area contributed by atoms with Crippen LogP contribution in [-0.2, 0) is 14.3 Å². The van der Waals surface area contributed by atoms with Crippen LogP contribution in [0.3, 0.4) is 0 Å². The van der Waals surface area contributed by atoms with Crippen LogP contribution in [0, 0.1) is 5.92 Å². The van der Waals surface area contributed by atoms with Crippen molar-refractivity contribution < 1.29 is 24.2 Å². The lowest BCUT2D eigenvalue weighted by Gasteiger charge is -2.36. The van der Waals surface area contributed by atoms with Crippen molar-refractivity contribution in [2.24, 2.45) is 5.92 Å². The number of carboxylic acid groups (broad SMARTS) is 1. The van der Waals surface area contributed by atoms with Crippen LogP contribution in [0.5, 0.6) is 0 Å². The van der Waals surface area contributed by atoms with Crippen LogP contribution in [-0.4, -0.2) is 65.2 Å². The molecule has 2 atom stereocenters. The molecule has 2 aliphatic rings. The molecule has 4 rings (SSSR count). The van der Waals surface area contributed by atoms with E-state index in [1.165, 1.54) is 34.0 Å². The highest BCUT2D eigenvalue weighted by molar-refractivity contribution is 7.99. The van der Waals surface area contributed by atoms with E-state index in [0.717, 1.165) is 0 Å². The van der Waals surface area contributed by atoms with Crippen LogP contribution in [0.2, 0.25) is 0 Å². The molecule has 0 saturated carbocycles. The molecule has 2 aromatic carbocycles. The quantitative estimate of drug-likeness (QED) is 0.553. The predicted octanol–water partition coefficient (Wildman–Crippen LogP) is 3.97. The second kappa shape index (κ2) is 11.0. The van der Waals surface area contributed by atoms with Gasteiger partial charge in [0.15, 0.2) is 0 Å². The van der Waals surface area contributed by atoms with Gasteiger partial charge in [0, 0.05) is 30.8 Å². The molecule has 2 N–H and O–H groups in total. The van der Waals surface area contributed by atoms with E-state index in [9.17, 15) is 14.4 Å². The Morgan fingerprint density at radius 2 is 1.74 bits per heavy atom. The first-order chi connectivity index (χ1) is 16.5. The minimum atomic E-state index is -0.785. The number of carboxylic acids is 1. The summed E-state index contributed by atoms with van der Waals surface area (Å²) in [6.07, 6.45) is 0.535. The highest BCUT2D eigenvalue weighted by Gasteiger charge is 2.32. The molecule has 0 unspecified atom stereocenters. The van der Waals surface area contributed by atoms with Crippen molar-refractivity contribution in [2.45, 2.75) is 31.7 Å². The molecule has 1 heterocycles. The van der Waals surface area contributed by atoms with Crippen molar-refractivity contribution in [3.63, 3.8) is 0 Å². The van der Waals surface area contributed by atoms with Gasteiger partial charge in [0.1, 0.15) is 6.61 Å². The molecule has 180 valence electrons. The van der Waals surface area contributed by atoms with Gasteiger partial charge in [-0.05, 0) is 42.0 Å². The van der Waals surface area contributed by atoms with Gasteiger partial charge < -0.3 is 20.1 Å². The van der Waals surface area contributed by atoms with Crippen molar-refractivity contribution >= 4 is 29.7 Å². The SMILES string of the molecule is C[C@H]1C[C@@H](C(=O)O)CCN1C(=O)CSCCNC(=O)OCC1c2ccccc2-c2ccccc21. The molecule has 34 heavy (non-hydrogen) atoms. The number of rotatable bonds is 8. The van der Waals surface area contributed by atoms with E-state index < -0.39 is 12.1 Å². The monoisotopic (exact) mass is 482 g/mol. The molecule has 8 heteroatoms. The number of amides is 2. The van der Waals surface area contributed by atoms with Crippen LogP contribution >= 0.6 is 11.8 Å². The van der Waals surface area contributed by atoms with E-state index >= 15 is 0 Å². The molecular weight excluding hydrogens is 452 g/mol. The number of likely N-dealkylation sites (tertiary alicyclic amines) is 1. The van der Waals surface area contributed by atoms with Crippen molar-refractivity contribution in [2.75, 3.05) is 31.2 Å². The normalized spacial score (nSPS) is 19.3. The number of fused-ring (bicyclic) bond motifs is 3. The zero-order valence-electron chi connectivity index (χ0n) is 19.2. The Hall–Kier alpha value is -3.00. The molecule has 0 spiro atoms. The predicted molar refractivity (Wildman–Crippen MR) is 132 cm³/mol. The molecule has 0 bridgehead atoms. The van der Waals surface area contributed by atoms with E-state index in [0.29, 0.717) is 37.4 Å². The van der Waals surface area contributed by atoms with Gasteiger partial charge in [-0.1, -0.05) is 48.5 Å². The minimum Gasteiger partial charge on any atom is -0.481 e. The number of ether oxygens (including phenoxy) is 1. The van der Waals surface area contributed by atoms with E-state index in [1.807, 2.05) is 31.2 Å². The summed E-state index contributed by atoms with van der Waals surface area (Å²) in [4.78, 5) is 37.6. The summed E-state index contributed by atoms with van der Waals surface area (Å²) in [6, 6.07) is 16.3. The number of carbonyl (C=O) groups is 3. The Bertz CT molecular complexity index is 1010. The lowest BCUT2D eigenvalue weighted by molar-refractivity contribution is -0.146. The fourth-order valence-electron chi connectivity index (χ4n) is 4.88. The fraction of sp³-hybridized carbons (Fsp3) is 0.423. The number of carbonyl (C=O) groups excluding carboxylic acids is 2. The van der Waals surface area contributed by atoms with Crippen LogP contribution in [0.15, 0.2) is 48.5 Å². The lowest BCUT2D eigenvalue weighted by atomic mass is 9.92. The number of nitrogens with one attached hydrogen (secondary N) is 1. The number of aliphatic carboxylic acids is 1. The van der Waals surface area contributed by atoms with Gasteiger partial charge in [-0.3, -0.25) is 9.59 Å². The standard InChI is InChI=1S/C26H30N2O5S/c1-17-14-18(25(30)31)10-12-28(17)24(29)16-34-13-11-27-26(32)33-15-23-21-8-4-2-6-19(21)20-7-3-5-9-22(20)23/h2-9,17-18,23H,10-16H2,1H3,(H,27,32)(H,30,31)/t17-,18-/m0/s1. The van der Waals surface area contributed by atoms with Crippen molar-refractivity contribution in [1.29, 1.82) is 0 Å². The first kappa shape index (κ1) is 24.1. The summed E-state index contributed by atoms with van der Waals surface area (Å²) in [5.74, 6) is -0.203. The molecule has 7 nitrogen and oxygen atoms in total. The Morgan fingerprint density at radius 1 is 1.09 bits per heavy atom. The Morgan fingerprint density at radius 3 is 2.35 bits per heavy atom. The first-order valence-electron chi connectivity index (χ1n) is 11.6. The smallest absolute Gasteiger partial charge is 0.407 e. The number of hydrogen-bond donors (Lipinski definition) is 2. The molecular formula is C26H30N2O5S. The molecule has 1 aliphatic heterocycles. The number of nitrogens with zero attached hydrogens (tertiary/aromatic N) is 1. The van der Waals surface area contributed by atoms with Crippen LogP contribution in [0.25, 0.3) is 11.1 Å². The summed E-state index contributed by atoms with van der Waals surface area (Å²) in [5.41, 5.74) is 4.73. The molecule has 1 aliphatic carbocycles. The van der Waals surface area contributed by atoms with Gasteiger partial charge in [0.25, 0.3) is 0 Å². The first-order valence-corrected chi connectivity index (χ1v) is 12.8. The largest absolute Gasteiger partial charge is 0.481 e. The fourth-order valence-corrected chi connectivity index (χ4v) is 5.62. The molecule has 2 amide bonds. The maximum Gasteiger partial charge on any atom is 0.407 e. The van der Waals surface area contributed by atoms with Crippen molar-refractivity contribution in [3.8, 4) is 11.1 Å². The van der Waals surface area contributed by atoms with Gasteiger partial charge >= 0.3 is 12.1 Å². The van der Waals surface area contributed by atoms with Crippen molar-refractivity contribution in [1.82, 2.24) is 10.2 Å². The number of benzene rings is 2. The number of hydrogen-bond acceptors (Lipinski definition) is 5. The summed E-state index contributed by atoms with van der Waals surface area (Å²) in [5, 5.41) is 11.9.